The van der Waals surface area contributed by atoms with Crippen LogP contribution in [0.15, 0.2) is 47.8 Å². The standard InChI is InChI=1S/C21H21NO3S/c1-14-4-7-18(8-5-14)24-12-20-22-17(13-26-20)11-21(23)25-19-9-6-15(2)10-16(19)3/h4-10,13H,11-12H2,1-3H3. The van der Waals surface area contributed by atoms with E-state index in [-0.39, 0.29) is 12.4 Å². The van der Waals surface area contributed by atoms with Gasteiger partial charge in [0.25, 0.3) is 0 Å². The van der Waals surface area contributed by atoms with Gasteiger partial charge in [-0.1, -0.05) is 35.4 Å². The summed E-state index contributed by atoms with van der Waals surface area (Å²) in [7, 11) is 0. The topological polar surface area (TPSA) is 48.4 Å². The Kier molecular flexibility index (Phi) is 5.68. The van der Waals surface area contributed by atoms with Gasteiger partial charge < -0.3 is 9.47 Å². The Morgan fingerprint density at radius 3 is 2.50 bits per heavy atom. The molecule has 134 valence electrons. The fourth-order valence-electron chi connectivity index (χ4n) is 2.50. The lowest BCUT2D eigenvalue weighted by molar-refractivity contribution is -0.133. The second kappa shape index (κ2) is 8.15. The SMILES string of the molecule is Cc1ccc(OCc2nc(CC(=O)Oc3ccc(C)cc3C)cs2)cc1. The molecule has 0 atom stereocenters. The molecule has 5 heteroatoms. The van der Waals surface area contributed by atoms with E-state index < -0.39 is 0 Å². The first-order valence-corrected chi connectivity index (χ1v) is 9.28. The van der Waals surface area contributed by atoms with Gasteiger partial charge in [-0.25, -0.2) is 4.98 Å². The van der Waals surface area contributed by atoms with Gasteiger partial charge in [-0.2, -0.15) is 0 Å². The number of hydrogen-bond acceptors (Lipinski definition) is 5. The van der Waals surface area contributed by atoms with E-state index >= 15 is 0 Å². The number of thiazole rings is 1. The number of carbonyl (C=O) groups excluding carboxylic acids is 1. The van der Waals surface area contributed by atoms with Crippen LogP contribution in [0.3, 0.4) is 0 Å². The van der Waals surface area contributed by atoms with Crippen molar-refractivity contribution in [3.63, 3.8) is 0 Å². The van der Waals surface area contributed by atoms with Crippen molar-refractivity contribution in [2.45, 2.75) is 33.8 Å². The number of nitrogens with zero attached hydrogens (tertiary/aromatic N) is 1. The first-order chi connectivity index (χ1) is 12.5. The highest BCUT2D eigenvalue weighted by molar-refractivity contribution is 7.09. The summed E-state index contributed by atoms with van der Waals surface area (Å²) in [6, 6.07) is 13.6. The molecule has 1 aromatic heterocycles. The van der Waals surface area contributed by atoms with Crippen LogP contribution in [0.1, 0.15) is 27.4 Å². The van der Waals surface area contributed by atoms with E-state index in [0.29, 0.717) is 18.1 Å². The number of rotatable bonds is 6. The van der Waals surface area contributed by atoms with E-state index in [4.69, 9.17) is 9.47 Å². The predicted molar refractivity (Wildman–Crippen MR) is 103 cm³/mol. The molecule has 0 bridgehead atoms. The first-order valence-electron chi connectivity index (χ1n) is 8.40. The highest BCUT2D eigenvalue weighted by Crippen LogP contribution is 2.20. The van der Waals surface area contributed by atoms with Crippen molar-refractivity contribution in [2.75, 3.05) is 0 Å². The van der Waals surface area contributed by atoms with Gasteiger partial charge in [0.2, 0.25) is 0 Å². The van der Waals surface area contributed by atoms with Gasteiger partial charge in [-0.15, -0.1) is 11.3 Å². The number of esters is 1. The summed E-state index contributed by atoms with van der Waals surface area (Å²) in [5.74, 6) is 1.09. The Hall–Kier alpha value is -2.66. The maximum absolute atomic E-state index is 12.2. The summed E-state index contributed by atoms with van der Waals surface area (Å²) in [4.78, 5) is 16.6. The number of ether oxygens (including phenoxy) is 2. The molecule has 3 aromatic rings. The Bertz CT molecular complexity index is 900. The molecule has 0 amide bonds. The maximum atomic E-state index is 12.2. The van der Waals surface area contributed by atoms with Gasteiger partial charge in [0.15, 0.2) is 0 Å². The van der Waals surface area contributed by atoms with Crippen molar-refractivity contribution >= 4 is 17.3 Å². The van der Waals surface area contributed by atoms with Crippen LogP contribution in [0, 0.1) is 20.8 Å². The lowest BCUT2D eigenvalue weighted by Crippen LogP contribution is -2.12. The van der Waals surface area contributed by atoms with Crippen molar-refractivity contribution in [2.24, 2.45) is 0 Å². The zero-order valence-corrected chi connectivity index (χ0v) is 15.9. The van der Waals surface area contributed by atoms with Crippen molar-refractivity contribution in [1.29, 1.82) is 0 Å². The largest absolute Gasteiger partial charge is 0.486 e. The summed E-state index contributed by atoms with van der Waals surface area (Å²) >= 11 is 1.48. The fraction of sp³-hybridized carbons (Fsp3) is 0.238. The zero-order chi connectivity index (χ0) is 18.5. The number of benzene rings is 2. The van der Waals surface area contributed by atoms with Gasteiger partial charge >= 0.3 is 5.97 Å². The molecule has 0 radical (unpaired) electrons. The van der Waals surface area contributed by atoms with Crippen molar-refractivity contribution < 1.29 is 14.3 Å². The summed E-state index contributed by atoms with van der Waals surface area (Å²) in [5.41, 5.74) is 3.98. The zero-order valence-electron chi connectivity index (χ0n) is 15.1. The van der Waals surface area contributed by atoms with E-state index in [1.54, 1.807) is 0 Å². The van der Waals surface area contributed by atoms with E-state index in [2.05, 4.69) is 4.98 Å². The molecule has 4 nitrogen and oxygen atoms in total. The van der Waals surface area contributed by atoms with Gasteiger partial charge in [0.05, 0.1) is 12.1 Å². The molecule has 2 aromatic carbocycles. The average Bonchev–Trinajstić information content (AvgIpc) is 3.04. The number of aryl methyl sites for hydroxylation is 3. The lowest BCUT2D eigenvalue weighted by Gasteiger charge is -2.07. The average molecular weight is 367 g/mol. The second-order valence-electron chi connectivity index (χ2n) is 6.25. The van der Waals surface area contributed by atoms with E-state index in [1.807, 2.05) is 68.6 Å². The van der Waals surface area contributed by atoms with Crippen LogP contribution in [0.5, 0.6) is 11.5 Å². The summed E-state index contributed by atoms with van der Waals surface area (Å²) < 4.78 is 11.2. The fourth-order valence-corrected chi connectivity index (χ4v) is 3.20. The summed E-state index contributed by atoms with van der Waals surface area (Å²) in [6.07, 6.45) is 0.147. The molecule has 0 aliphatic heterocycles. The van der Waals surface area contributed by atoms with Crippen LogP contribution in [0.4, 0.5) is 0 Å². The van der Waals surface area contributed by atoms with Gasteiger partial charge in [0, 0.05) is 5.38 Å². The Morgan fingerprint density at radius 1 is 1.04 bits per heavy atom. The highest BCUT2D eigenvalue weighted by atomic mass is 32.1. The predicted octanol–water partition coefficient (Wildman–Crippen LogP) is 4.80. The molecule has 0 spiro atoms. The van der Waals surface area contributed by atoms with Crippen molar-refractivity contribution in [3.05, 3.63) is 75.2 Å². The van der Waals surface area contributed by atoms with Crippen LogP contribution >= 0.6 is 11.3 Å². The molecular weight excluding hydrogens is 346 g/mol. The minimum atomic E-state index is -0.312. The summed E-state index contributed by atoms with van der Waals surface area (Å²) in [5, 5.41) is 2.71. The Morgan fingerprint density at radius 2 is 1.77 bits per heavy atom. The number of carbonyl (C=O) groups is 1. The van der Waals surface area contributed by atoms with Crippen LogP contribution in [0.2, 0.25) is 0 Å². The van der Waals surface area contributed by atoms with Crippen molar-refractivity contribution in [3.8, 4) is 11.5 Å². The van der Waals surface area contributed by atoms with E-state index in [1.165, 1.54) is 16.9 Å². The molecule has 0 saturated heterocycles. The van der Waals surface area contributed by atoms with Crippen LogP contribution in [0.25, 0.3) is 0 Å². The molecule has 0 fully saturated rings. The van der Waals surface area contributed by atoms with E-state index in [9.17, 15) is 4.79 Å². The number of aromatic nitrogens is 1. The maximum Gasteiger partial charge on any atom is 0.317 e. The third-order valence-electron chi connectivity index (χ3n) is 3.86. The van der Waals surface area contributed by atoms with Crippen molar-refractivity contribution in [1.82, 2.24) is 4.98 Å². The molecule has 0 saturated carbocycles. The minimum Gasteiger partial charge on any atom is -0.486 e. The third-order valence-corrected chi connectivity index (χ3v) is 4.73. The van der Waals surface area contributed by atoms with Gasteiger partial charge in [-0.3, -0.25) is 4.79 Å². The lowest BCUT2D eigenvalue weighted by atomic mass is 10.1. The number of hydrogen-bond donors (Lipinski definition) is 0. The van der Waals surface area contributed by atoms with Crippen LogP contribution in [-0.2, 0) is 17.8 Å². The Labute approximate surface area is 157 Å². The second-order valence-corrected chi connectivity index (χ2v) is 7.20. The molecule has 0 N–H and O–H groups in total. The monoisotopic (exact) mass is 367 g/mol. The third kappa shape index (κ3) is 4.92. The first kappa shape index (κ1) is 18.1. The molecule has 1 heterocycles. The van der Waals surface area contributed by atoms with Crippen LogP contribution < -0.4 is 9.47 Å². The smallest absolute Gasteiger partial charge is 0.317 e. The summed E-state index contributed by atoms with van der Waals surface area (Å²) in [6.45, 7) is 6.36. The normalized spacial score (nSPS) is 10.6. The molecular formula is C21H21NO3S. The molecule has 0 aliphatic rings. The van der Waals surface area contributed by atoms with Crippen LogP contribution in [-0.4, -0.2) is 11.0 Å². The quantitative estimate of drug-likeness (QED) is 0.464. The minimum absolute atomic E-state index is 0.147. The van der Waals surface area contributed by atoms with Gasteiger partial charge in [-0.05, 0) is 44.5 Å². The molecule has 0 unspecified atom stereocenters. The van der Waals surface area contributed by atoms with E-state index in [0.717, 1.165) is 21.9 Å². The molecule has 26 heavy (non-hydrogen) atoms. The van der Waals surface area contributed by atoms with Gasteiger partial charge in [0.1, 0.15) is 23.1 Å². The molecule has 0 aliphatic carbocycles. The Balaban J connectivity index is 1.54. The highest BCUT2D eigenvalue weighted by Gasteiger charge is 2.12. The molecule has 3 rings (SSSR count).